The molecular weight excluding hydrogens is 260 g/mol. The van der Waals surface area contributed by atoms with Gasteiger partial charge in [-0.3, -0.25) is 9.78 Å². The minimum atomic E-state index is -0.422. The Balaban J connectivity index is 2.07. The van der Waals surface area contributed by atoms with E-state index in [1.54, 1.807) is 18.6 Å². The molecule has 0 saturated carbocycles. The average molecular weight is 276 g/mol. The lowest BCUT2D eigenvalue weighted by atomic mass is 10.1. The first kappa shape index (κ1) is 13.6. The monoisotopic (exact) mass is 276 g/mol. The van der Waals surface area contributed by atoms with Crippen molar-refractivity contribution in [3.63, 3.8) is 0 Å². The highest BCUT2D eigenvalue weighted by molar-refractivity contribution is 7.16. The van der Waals surface area contributed by atoms with Crippen LogP contribution in [0.3, 0.4) is 0 Å². The van der Waals surface area contributed by atoms with Gasteiger partial charge in [-0.1, -0.05) is 0 Å². The normalized spacial score (nSPS) is 11.3. The van der Waals surface area contributed by atoms with E-state index in [2.05, 4.69) is 15.3 Å². The molecule has 0 radical (unpaired) electrons. The van der Waals surface area contributed by atoms with Crippen LogP contribution in [-0.4, -0.2) is 28.0 Å². The van der Waals surface area contributed by atoms with Crippen molar-refractivity contribution >= 4 is 17.2 Å². The van der Waals surface area contributed by atoms with Gasteiger partial charge in [-0.05, 0) is 26.0 Å². The number of carbonyl (C=O) groups excluding carboxylic acids is 1. The molecule has 3 N–H and O–H groups in total. The van der Waals surface area contributed by atoms with Crippen molar-refractivity contribution in [1.29, 1.82) is 0 Å². The van der Waals surface area contributed by atoms with Crippen molar-refractivity contribution in [1.82, 2.24) is 15.3 Å². The van der Waals surface area contributed by atoms with Crippen molar-refractivity contribution in [2.24, 2.45) is 5.73 Å². The summed E-state index contributed by atoms with van der Waals surface area (Å²) >= 11 is 1.35. The number of hydrogen-bond acceptors (Lipinski definition) is 5. The van der Waals surface area contributed by atoms with Gasteiger partial charge in [-0.2, -0.15) is 0 Å². The van der Waals surface area contributed by atoms with E-state index in [9.17, 15) is 4.79 Å². The second-order valence-electron chi connectivity index (χ2n) is 4.94. The number of thiazole rings is 1. The maximum absolute atomic E-state index is 11.9. The Bertz CT molecular complexity index is 560. The SMILES string of the molecule is CC(C)(N)CNC(=O)c1cnc(-c2ccncc2)s1. The predicted molar refractivity (Wildman–Crippen MR) is 75.9 cm³/mol. The molecule has 0 fully saturated rings. The smallest absolute Gasteiger partial charge is 0.263 e. The molecule has 19 heavy (non-hydrogen) atoms. The molecular formula is C13H16N4OS. The summed E-state index contributed by atoms with van der Waals surface area (Å²) in [6.45, 7) is 4.15. The van der Waals surface area contributed by atoms with Crippen molar-refractivity contribution in [3.8, 4) is 10.6 Å². The maximum atomic E-state index is 11.9. The molecule has 0 aliphatic carbocycles. The van der Waals surface area contributed by atoms with Crippen LogP contribution in [0.1, 0.15) is 23.5 Å². The van der Waals surface area contributed by atoms with Gasteiger partial charge in [0.05, 0.1) is 6.20 Å². The van der Waals surface area contributed by atoms with Crippen LogP contribution < -0.4 is 11.1 Å². The topological polar surface area (TPSA) is 80.9 Å². The van der Waals surface area contributed by atoms with E-state index in [4.69, 9.17) is 5.73 Å². The molecule has 0 aliphatic rings. The van der Waals surface area contributed by atoms with Gasteiger partial charge in [0.25, 0.3) is 5.91 Å². The van der Waals surface area contributed by atoms with Crippen LogP contribution in [0.2, 0.25) is 0 Å². The number of aromatic nitrogens is 2. The van der Waals surface area contributed by atoms with Gasteiger partial charge >= 0.3 is 0 Å². The van der Waals surface area contributed by atoms with E-state index < -0.39 is 5.54 Å². The van der Waals surface area contributed by atoms with E-state index in [0.717, 1.165) is 10.6 Å². The molecule has 0 saturated heterocycles. The Kier molecular flexibility index (Phi) is 3.92. The number of nitrogens with one attached hydrogen (secondary N) is 1. The van der Waals surface area contributed by atoms with E-state index in [1.807, 2.05) is 26.0 Å². The third-order valence-electron chi connectivity index (χ3n) is 2.36. The highest BCUT2D eigenvalue weighted by Crippen LogP contribution is 2.24. The summed E-state index contributed by atoms with van der Waals surface area (Å²) < 4.78 is 0. The molecule has 0 aliphatic heterocycles. The molecule has 2 rings (SSSR count). The molecule has 2 aromatic rings. The Hall–Kier alpha value is -1.79. The van der Waals surface area contributed by atoms with E-state index in [-0.39, 0.29) is 5.91 Å². The van der Waals surface area contributed by atoms with E-state index in [0.29, 0.717) is 11.4 Å². The molecule has 0 unspecified atom stereocenters. The summed E-state index contributed by atoms with van der Waals surface area (Å²) in [6.07, 6.45) is 4.99. The summed E-state index contributed by atoms with van der Waals surface area (Å²) in [5.41, 5.74) is 6.36. The van der Waals surface area contributed by atoms with Gasteiger partial charge in [0, 0.05) is 30.0 Å². The highest BCUT2D eigenvalue weighted by Gasteiger charge is 2.15. The number of pyridine rings is 1. The number of nitrogens with two attached hydrogens (primary N) is 1. The summed E-state index contributed by atoms with van der Waals surface area (Å²) in [5, 5.41) is 3.60. The van der Waals surface area contributed by atoms with E-state index in [1.165, 1.54) is 11.3 Å². The fourth-order valence-corrected chi connectivity index (χ4v) is 2.24. The summed E-state index contributed by atoms with van der Waals surface area (Å²) in [6, 6.07) is 3.73. The minimum absolute atomic E-state index is 0.142. The number of carbonyl (C=O) groups is 1. The van der Waals surface area contributed by atoms with Crippen LogP contribution in [-0.2, 0) is 0 Å². The predicted octanol–water partition coefficient (Wildman–Crippen LogP) is 1.67. The zero-order valence-corrected chi connectivity index (χ0v) is 11.7. The summed E-state index contributed by atoms with van der Waals surface area (Å²) in [4.78, 5) is 20.7. The summed E-state index contributed by atoms with van der Waals surface area (Å²) in [5.74, 6) is -0.142. The van der Waals surface area contributed by atoms with E-state index >= 15 is 0 Å². The van der Waals surface area contributed by atoms with Crippen LogP contribution in [0.4, 0.5) is 0 Å². The maximum Gasteiger partial charge on any atom is 0.263 e. The largest absolute Gasteiger partial charge is 0.349 e. The molecule has 100 valence electrons. The van der Waals surface area contributed by atoms with Crippen molar-refractivity contribution in [2.45, 2.75) is 19.4 Å². The number of amides is 1. The molecule has 2 heterocycles. The minimum Gasteiger partial charge on any atom is -0.349 e. The number of rotatable bonds is 4. The summed E-state index contributed by atoms with van der Waals surface area (Å²) in [7, 11) is 0. The Morgan fingerprint density at radius 1 is 1.42 bits per heavy atom. The molecule has 0 aromatic carbocycles. The first-order valence-electron chi connectivity index (χ1n) is 5.89. The van der Waals surface area contributed by atoms with Crippen LogP contribution in [0.25, 0.3) is 10.6 Å². The van der Waals surface area contributed by atoms with Crippen molar-refractivity contribution in [2.75, 3.05) is 6.54 Å². The van der Waals surface area contributed by atoms with Crippen LogP contribution >= 0.6 is 11.3 Å². The lowest BCUT2D eigenvalue weighted by Crippen LogP contribution is -2.44. The Morgan fingerprint density at radius 2 is 2.11 bits per heavy atom. The first-order chi connectivity index (χ1) is 8.96. The molecule has 0 bridgehead atoms. The average Bonchev–Trinajstić information content (AvgIpc) is 2.86. The van der Waals surface area contributed by atoms with Crippen LogP contribution in [0.15, 0.2) is 30.7 Å². The number of nitrogens with zero attached hydrogens (tertiary/aromatic N) is 2. The van der Waals surface area contributed by atoms with Crippen molar-refractivity contribution < 1.29 is 4.79 Å². The quantitative estimate of drug-likeness (QED) is 0.890. The molecule has 5 nitrogen and oxygen atoms in total. The standard InChI is InChI=1S/C13H16N4OS/c1-13(2,14)8-17-11(18)10-7-16-12(19-10)9-3-5-15-6-4-9/h3-7H,8,14H2,1-2H3,(H,17,18). The fraction of sp³-hybridized carbons (Fsp3) is 0.308. The lowest BCUT2D eigenvalue weighted by molar-refractivity contribution is 0.0950. The molecule has 1 amide bonds. The van der Waals surface area contributed by atoms with Gasteiger partial charge in [0.2, 0.25) is 0 Å². The third-order valence-corrected chi connectivity index (χ3v) is 3.41. The van der Waals surface area contributed by atoms with Gasteiger partial charge in [-0.25, -0.2) is 4.98 Å². The Morgan fingerprint density at radius 3 is 2.74 bits per heavy atom. The Labute approximate surface area is 115 Å². The van der Waals surface area contributed by atoms with Gasteiger partial charge in [0.15, 0.2) is 0 Å². The van der Waals surface area contributed by atoms with Gasteiger partial charge in [0.1, 0.15) is 9.88 Å². The lowest BCUT2D eigenvalue weighted by Gasteiger charge is -2.18. The second kappa shape index (κ2) is 5.46. The first-order valence-corrected chi connectivity index (χ1v) is 6.71. The zero-order valence-electron chi connectivity index (χ0n) is 10.9. The number of hydrogen-bond donors (Lipinski definition) is 2. The van der Waals surface area contributed by atoms with Gasteiger partial charge < -0.3 is 11.1 Å². The van der Waals surface area contributed by atoms with Crippen LogP contribution in [0, 0.1) is 0 Å². The molecule has 0 spiro atoms. The van der Waals surface area contributed by atoms with Gasteiger partial charge in [-0.15, -0.1) is 11.3 Å². The molecule has 2 aromatic heterocycles. The highest BCUT2D eigenvalue weighted by atomic mass is 32.1. The second-order valence-corrected chi connectivity index (χ2v) is 5.97. The van der Waals surface area contributed by atoms with Crippen molar-refractivity contribution in [3.05, 3.63) is 35.6 Å². The molecule has 0 atom stereocenters. The zero-order chi connectivity index (χ0) is 13.9. The van der Waals surface area contributed by atoms with Crippen LogP contribution in [0.5, 0.6) is 0 Å². The molecule has 6 heteroatoms. The third kappa shape index (κ3) is 3.84. The fourth-order valence-electron chi connectivity index (χ4n) is 1.40.